The average molecular weight is 166 g/mol. The van der Waals surface area contributed by atoms with E-state index in [-0.39, 0.29) is 11.9 Å². The Labute approximate surface area is 71.1 Å². The van der Waals surface area contributed by atoms with Crippen molar-refractivity contribution in [3.8, 4) is 0 Å². The molecule has 0 heterocycles. The largest absolute Gasteiger partial charge is 0.207 e. The van der Waals surface area contributed by atoms with Crippen LogP contribution in [0.15, 0.2) is 34.5 Å². The van der Waals surface area contributed by atoms with Gasteiger partial charge in [-0.1, -0.05) is 12.1 Å². The predicted molar refractivity (Wildman–Crippen MR) is 45.6 cm³/mol. The minimum Gasteiger partial charge on any atom is -0.207 e. The quantitative estimate of drug-likeness (QED) is 0.603. The fourth-order valence-electron chi connectivity index (χ4n) is 0.981. The third-order valence-corrected chi connectivity index (χ3v) is 1.64. The lowest BCUT2D eigenvalue weighted by molar-refractivity contribution is 0.625. The van der Waals surface area contributed by atoms with Crippen LogP contribution in [0.4, 0.5) is 4.39 Å². The van der Waals surface area contributed by atoms with Gasteiger partial charge in [0.05, 0.1) is 6.04 Å². The van der Waals surface area contributed by atoms with Gasteiger partial charge in [-0.3, -0.25) is 0 Å². The molecular weight excluding hydrogens is 155 g/mol. The molecular formula is C9H11FN2. The summed E-state index contributed by atoms with van der Waals surface area (Å²) in [5.74, 6) is -0.223. The summed E-state index contributed by atoms with van der Waals surface area (Å²) in [4.78, 5) is 0. The number of azo groups is 1. The molecule has 0 aliphatic carbocycles. The molecule has 0 amide bonds. The summed E-state index contributed by atoms with van der Waals surface area (Å²) in [6.07, 6.45) is 0. The maximum absolute atomic E-state index is 12.5. The number of halogens is 1. The fraction of sp³-hybridized carbons (Fsp3) is 0.333. The lowest BCUT2D eigenvalue weighted by atomic mass is 10.1. The fourth-order valence-corrected chi connectivity index (χ4v) is 0.981. The third-order valence-electron chi connectivity index (χ3n) is 1.64. The van der Waals surface area contributed by atoms with E-state index in [1.807, 2.05) is 6.92 Å². The van der Waals surface area contributed by atoms with Gasteiger partial charge < -0.3 is 0 Å². The molecule has 0 N–H and O–H groups in total. The van der Waals surface area contributed by atoms with Gasteiger partial charge in [0.2, 0.25) is 0 Å². The van der Waals surface area contributed by atoms with Crippen molar-refractivity contribution in [1.29, 1.82) is 0 Å². The van der Waals surface area contributed by atoms with Crippen molar-refractivity contribution in [3.63, 3.8) is 0 Å². The number of nitrogens with zero attached hydrogens (tertiary/aromatic N) is 2. The van der Waals surface area contributed by atoms with Crippen molar-refractivity contribution in [2.75, 3.05) is 7.05 Å². The van der Waals surface area contributed by atoms with Crippen molar-refractivity contribution in [2.45, 2.75) is 13.0 Å². The summed E-state index contributed by atoms with van der Waals surface area (Å²) in [7, 11) is 1.63. The monoisotopic (exact) mass is 166 g/mol. The van der Waals surface area contributed by atoms with Crippen LogP contribution >= 0.6 is 0 Å². The minimum absolute atomic E-state index is 0.00981. The van der Waals surface area contributed by atoms with Crippen LogP contribution in [-0.4, -0.2) is 7.05 Å². The third kappa shape index (κ3) is 2.12. The second kappa shape index (κ2) is 3.95. The first-order valence-corrected chi connectivity index (χ1v) is 3.78. The first kappa shape index (κ1) is 8.84. The molecule has 0 aliphatic rings. The predicted octanol–water partition coefficient (Wildman–Crippen LogP) is 2.97. The zero-order valence-corrected chi connectivity index (χ0v) is 7.16. The van der Waals surface area contributed by atoms with E-state index < -0.39 is 0 Å². The Balaban J connectivity index is 2.82. The summed E-state index contributed by atoms with van der Waals surface area (Å²) in [5.41, 5.74) is 0.974. The van der Waals surface area contributed by atoms with E-state index in [4.69, 9.17) is 0 Å². The standard InChI is InChI=1S/C9H11FN2/c1-7(12-11-2)8-3-5-9(10)6-4-8/h3-7H,1-2H3. The van der Waals surface area contributed by atoms with Crippen LogP contribution in [0.2, 0.25) is 0 Å². The first-order valence-electron chi connectivity index (χ1n) is 3.78. The van der Waals surface area contributed by atoms with E-state index in [0.717, 1.165) is 5.56 Å². The highest BCUT2D eigenvalue weighted by molar-refractivity contribution is 5.18. The van der Waals surface area contributed by atoms with E-state index in [9.17, 15) is 4.39 Å². The van der Waals surface area contributed by atoms with E-state index in [0.29, 0.717) is 0 Å². The van der Waals surface area contributed by atoms with Gasteiger partial charge in [-0.25, -0.2) is 4.39 Å². The van der Waals surface area contributed by atoms with Crippen LogP contribution < -0.4 is 0 Å². The number of hydrogen-bond donors (Lipinski definition) is 0. The number of hydrogen-bond acceptors (Lipinski definition) is 2. The normalized spacial score (nSPS) is 13.6. The van der Waals surface area contributed by atoms with Crippen LogP contribution in [0.5, 0.6) is 0 Å². The van der Waals surface area contributed by atoms with Crippen molar-refractivity contribution in [2.24, 2.45) is 10.2 Å². The topological polar surface area (TPSA) is 24.7 Å². The molecule has 1 aromatic carbocycles. The van der Waals surface area contributed by atoms with Gasteiger partial charge in [0.1, 0.15) is 5.82 Å². The Morgan fingerprint density at radius 3 is 2.33 bits per heavy atom. The van der Waals surface area contributed by atoms with Gasteiger partial charge in [0, 0.05) is 7.05 Å². The summed E-state index contributed by atoms with van der Waals surface area (Å²) in [6, 6.07) is 6.30. The van der Waals surface area contributed by atoms with E-state index >= 15 is 0 Å². The molecule has 0 bridgehead atoms. The van der Waals surface area contributed by atoms with E-state index in [1.54, 1.807) is 19.2 Å². The van der Waals surface area contributed by atoms with Crippen molar-refractivity contribution in [3.05, 3.63) is 35.6 Å². The molecule has 0 spiro atoms. The molecule has 1 atom stereocenters. The maximum atomic E-state index is 12.5. The molecule has 1 rings (SSSR count). The molecule has 1 unspecified atom stereocenters. The van der Waals surface area contributed by atoms with Crippen LogP contribution in [-0.2, 0) is 0 Å². The van der Waals surface area contributed by atoms with Gasteiger partial charge in [0.15, 0.2) is 0 Å². The Morgan fingerprint density at radius 2 is 1.83 bits per heavy atom. The first-order chi connectivity index (χ1) is 5.74. The van der Waals surface area contributed by atoms with Gasteiger partial charge in [-0.05, 0) is 24.6 Å². The summed E-state index contributed by atoms with van der Waals surface area (Å²) >= 11 is 0. The SMILES string of the molecule is CN=NC(C)c1ccc(F)cc1. The molecule has 0 fully saturated rings. The number of benzene rings is 1. The molecule has 0 saturated heterocycles. The Hall–Kier alpha value is -1.25. The molecule has 0 radical (unpaired) electrons. The second-order valence-electron chi connectivity index (χ2n) is 2.54. The lowest BCUT2D eigenvalue weighted by Crippen LogP contribution is -1.88. The van der Waals surface area contributed by atoms with E-state index in [2.05, 4.69) is 10.2 Å². The minimum atomic E-state index is -0.223. The smallest absolute Gasteiger partial charge is 0.123 e. The van der Waals surface area contributed by atoms with Crippen molar-refractivity contribution >= 4 is 0 Å². The van der Waals surface area contributed by atoms with Crippen LogP contribution in [0.3, 0.4) is 0 Å². The molecule has 3 heteroatoms. The molecule has 2 nitrogen and oxygen atoms in total. The van der Waals surface area contributed by atoms with Crippen LogP contribution in [0, 0.1) is 5.82 Å². The molecule has 12 heavy (non-hydrogen) atoms. The average Bonchev–Trinajstić information content (AvgIpc) is 2.06. The summed E-state index contributed by atoms with van der Waals surface area (Å²) < 4.78 is 12.5. The molecule has 64 valence electrons. The van der Waals surface area contributed by atoms with Crippen LogP contribution in [0.25, 0.3) is 0 Å². The molecule has 0 aliphatic heterocycles. The molecule has 1 aromatic rings. The maximum Gasteiger partial charge on any atom is 0.123 e. The van der Waals surface area contributed by atoms with Crippen molar-refractivity contribution in [1.82, 2.24) is 0 Å². The summed E-state index contributed by atoms with van der Waals surface area (Å²) in [5, 5.41) is 7.59. The van der Waals surface area contributed by atoms with Gasteiger partial charge in [0.25, 0.3) is 0 Å². The molecule has 0 aromatic heterocycles. The highest BCUT2D eigenvalue weighted by Gasteiger charge is 2.01. The molecule has 0 saturated carbocycles. The van der Waals surface area contributed by atoms with Gasteiger partial charge in [-0.2, -0.15) is 10.2 Å². The Bertz CT molecular complexity index is 266. The highest BCUT2D eigenvalue weighted by atomic mass is 19.1. The number of rotatable bonds is 2. The highest BCUT2D eigenvalue weighted by Crippen LogP contribution is 2.16. The van der Waals surface area contributed by atoms with Gasteiger partial charge >= 0.3 is 0 Å². The lowest BCUT2D eigenvalue weighted by Gasteiger charge is -2.03. The summed E-state index contributed by atoms with van der Waals surface area (Å²) in [6.45, 7) is 1.92. The zero-order valence-electron chi connectivity index (χ0n) is 7.16. The Morgan fingerprint density at radius 1 is 1.25 bits per heavy atom. The zero-order chi connectivity index (χ0) is 8.97. The van der Waals surface area contributed by atoms with Gasteiger partial charge in [-0.15, -0.1) is 0 Å². The van der Waals surface area contributed by atoms with Crippen molar-refractivity contribution < 1.29 is 4.39 Å². The van der Waals surface area contributed by atoms with E-state index in [1.165, 1.54) is 12.1 Å². The second-order valence-corrected chi connectivity index (χ2v) is 2.54. The Kier molecular flexibility index (Phi) is 2.91. The van der Waals surface area contributed by atoms with Crippen LogP contribution in [0.1, 0.15) is 18.5 Å².